The predicted octanol–water partition coefficient (Wildman–Crippen LogP) is 14.8. The summed E-state index contributed by atoms with van der Waals surface area (Å²) in [6, 6.07) is 54.6. The van der Waals surface area contributed by atoms with E-state index in [9.17, 15) is 9.59 Å². The van der Waals surface area contributed by atoms with Gasteiger partial charge in [0.15, 0.2) is 23.2 Å². The van der Waals surface area contributed by atoms with Gasteiger partial charge in [0.2, 0.25) is 0 Å². The van der Waals surface area contributed by atoms with Crippen LogP contribution < -0.4 is 9.80 Å². The molecule has 0 saturated carbocycles. The summed E-state index contributed by atoms with van der Waals surface area (Å²) in [7, 11) is 0. The van der Waals surface area contributed by atoms with Crippen LogP contribution in [0.5, 0.6) is 0 Å². The Morgan fingerprint density at radius 3 is 1.35 bits per heavy atom. The number of Topliss-reactive ketones (excluding diaryl/α,β-unsaturated/α-hetero) is 2. The standard InChI is InChI=1S/C61H48N6O2/c1-37(2)44-23-16-24-45(38(3)4)56(44)66-55(32-29-48-58(68)46-21-12-13-22-47(46)59(48)69)67(61-60(66)64-53-25-14-15-26-54(53)65-61)57-49(51-30-27-42(35-62-51)40-17-8-6-9-18-40)33-39(5)34-50(57)52-31-28-43(36-63-52)41-19-10-7-11-20-41/h6-38H,1-5H3/b55-32+. The molecule has 8 nitrogen and oxygen atoms in total. The molecular formula is C61H48N6O2. The average Bonchev–Trinajstić information content (AvgIpc) is 3.82. The molecule has 0 bridgehead atoms. The van der Waals surface area contributed by atoms with Gasteiger partial charge in [-0.05, 0) is 95.1 Å². The van der Waals surface area contributed by atoms with E-state index < -0.39 is 0 Å². The molecule has 0 N–H and O–H groups in total. The summed E-state index contributed by atoms with van der Waals surface area (Å²) in [6.07, 6.45) is 7.43. The van der Waals surface area contributed by atoms with E-state index in [0.717, 1.165) is 78.4 Å². The number of carbonyl (C=O) groups is 2. The maximum atomic E-state index is 14.2. The highest BCUT2D eigenvalue weighted by Gasteiger charge is 2.42. The van der Waals surface area contributed by atoms with Gasteiger partial charge in [0, 0.05) is 45.8 Å². The third-order valence-corrected chi connectivity index (χ3v) is 13.1. The summed E-state index contributed by atoms with van der Waals surface area (Å²) >= 11 is 0. The van der Waals surface area contributed by atoms with E-state index >= 15 is 0 Å². The van der Waals surface area contributed by atoms with Crippen molar-refractivity contribution in [3.05, 3.63) is 228 Å². The molecule has 1 aliphatic heterocycles. The van der Waals surface area contributed by atoms with E-state index in [1.165, 1.54) is 0 Å². The second kappa shape index (κ2) is 17.6. The Hall–Kier alpha value is -8.62. The molecule has 11 rings (SSSR count). The van der Waals surface area contributed by atoms with Crippen molar-refractivity contribution in [1.29, 1.82) is 0 Å². The van der Waals surface area contributed by atoms with E-state index in [2.05, 4.69) is 123 Å². The summed E-state index contributed by atoms with van der Waals surface area (Å²) in [4.78, 5) is 54.1. The highest BCUT2D eigenvalue weighted by Crippen LogP contribution is 2.55. The molecule has 0 saturated heterocycles. The van der Waals surface area contributed by atoms with Crippen molar-refractivity contribution >= 4 is 45.6 Å². The van der Waals surface area contributed by atoms with E-state index in [1.807, 2.05) is 79.1 Å². The molecule has 8 heteroatoms. The highest BCUT2D eigenvalue weighted by molar-refractivity contribution is 6.39. The Balaban J connectivity index is 1.24. The molecule has 334 valence electrons. The van der Waals surface area contributed by atoms with Crippen LogP contribution in [0.25, 0.3) is 55.8 Å². The van der Waals surface area contributed by atoms with Gasteiger partial charge in [-0.15, -0.1) is 0 Å². The van der Waals surface area contributed by atoms with E-state index in [1.54, 1.807) is 30.3 Å². The predicted molar refractivity (Wildman–Crippen MR) is 278 cm³/mol. The number of fused-ring (bicyclic) bond motifs is 3. The molecular weight excluding hydrogens is 849 g/mol. The smallest absolute Gasteiger partial charge is 0.197 e. The van der Waals surface area contributed by atoms with Gasteiger partial charge in [-0.3, -0.25) is 29.4 Å². The Bertz CT molecular complexity index is 3380. The lowest BCUT2D eigenvalue weighted by Gasteiger charge is -2.31. The normalized spacial score (nSPS) is 13.8. The molecule has 0 fully saturated rings. The third kappa shape index (κ3) is 7.60. The number of rotatable bonds is 9. The maximum Gasteiger partial charge on any atom is 0.197 e. The topological polar surface area (TPSA) is 92.2 Å². The molecule has 0 unspecified atom stereocenters. The monoisotopic (exact) mass is 896 g/mol. The lowest BCUT2D eigenvalue weighted by Crippen LogP contribution is -2.25. The van der Waals surface area contributed by atoms with Gasteiger partial charge >= 0.3 is 0 Å². The largest absolute Gasteiger partial charge is 0.288 e. The number of aromatic nitrogens is 4. The van der Waals surface area contributed by atoms with Gasteiger partial charge in [-0.25, -0.2) is 9.97 Å². The number of hydrogen-bond acceptors (Lipinski definition) is 8. The van der Waals surface area contributed by atoms with Crippen LogP contribution in [0.3, 0.4) is 0 Å². The molecule has 4 heterocycles. The Labute approximate surface area is 402 Å². The second-order valence-electron chi connectivity index (χ2n) is 18.2. The summed E-state index contributed by atoms with van der Waals surface area (Å²) in [5, 5.41) is 0. The van der Waals surface area contributed by atoms with E-state index in [-0.39, 0.29) is 29.0 Å². The van der Waals surface area contributed by atoms with Crippen molar-refractivity contribution in [3.8, 4) is 44.8 Å². The van der Waals surface area contributed by atoms with Crippen molar-refractivity contribution in [1.82, 2.24) is 19.9 Å². The fourth-order valence-electron chi connectivity index (χ4n) is 9.66. The van der Waals surface area contributed by atoms with Crippen LogP contribution in [0, 0.1) is 6.92 Å². The van der Waals surface area contributed by atoms with Crippen molar-refractivity contribution in [2.45, 2.75) is 46.5 Å². The lowest BCUT2D eigenvalue weighted by molar-refractivity contribution is 0.0988. The Kier molecular flexibility index (Phi) is 10.9. The number of ketones is 2. The van der Waals surface area contributed by atoms with Crippen molar-refractivity contribution < 1.29 is 9.59 Å². The first-order valence-corrected chi connectivity index (χ1v) is 23.4. The zero-order chi connectivity index (χ0) is 47.3. The van der Waals surface area contributed by atoms with Gasteiger partial charge in [0.1, 0.15) is 5.82 Å². The molecule has 0 spiro atoms. The first kappa shape index (κ1) is 43.0. The minimum Gasteiger partial charge on any atom is -0.288 e. The molecule has 9 aromatic rings. The fraction of sp³-hybridized carbons (Fsp3) is 0.115. The number of pyridine rings is 2. The van der Waals surface area contributed by atoms with Crippen LogP contribution in [-0.4, -0.2) is 31.5 Å². The van der Waals surface area contributed by atoms with Crippen LogP contribution in [0.1, 0.15) is 76.9 Å². The van der Waals surface area contributed by atoms with Crippen LogP contribution in [0.2, 0.25) is 0 Å². The van der Waals surface area contributed by atoms with E-state index in [4.69, 9.17) is 19.9 Å². The molecule has 0 atom stereocenters. The molecule has 1 aliphatic carbocycles. The molecule has 6 aromatic carbocycles. The summed E-state index contributed by atoms with van der Waals surface area (Å²) in [5.41, 5.74) is 14.6. The quantitative estimate of drug-likeness (QED) is 0.104. The van der Waals surface area contributed by atoms with Crippen LogP contribution in [-0.2, 0) is 0 Å². The van der Waals surface area contributed by atoms with Crippen molar-refractivity contribution in [2.75, 3.05) is 9.80 Å². The first-order chi connectivity index (χ1) is 33.6. The number of anilines is 4. The molecule has 3 aromatic heterocycles. The van der Waals surface area contributed by atoms with Gasteiger partial charge < -0.3 is 0 Å². The number of aryl methyl sites for hydroxylation is 1. The highest BCUT2D eigenvalue weighted by atomic mass is 16.2. The summed E-state index contributed by atoms with van der Waals surface area (Å²) < 4.78 is 0. The maximum absolute atomic E-state index is 14.2. The number of hydrogen-bond donors (Lipinski definition) is 0. The van der Waals surface area contributed by atoms with E-state index in [0.29, 0.717) is 34.1 Å². The zero-order valence-corrected chi connectivity index (χ0v) is 39.1. The molecule has 0 radical (unpaired) electrons. The molecule has 2 aliphatic rings. The van der Waals surface area contributed by atoms with Crippen molar-refractivity contribution in [2.24, 2.45) is 0 Å². The Morgan fingerprint density at radius 1 is 0.449 bits per heavy atom. The van der Waals surface area contributed by atoms with Crippen LogP contribution in [0.15, 0.2) is 200 Å². The summed E-state index contributed by atoms with van der Waals surface area (Å²) in [5.74, 6) is 1.42. The number of nitrogens with zero attached hydrogens (tertiary/aromatic N) is 6. The molecule has 0 amide bonds. The van der Waals surface area contributed by atoms with Gasteiger partial charge in [-0.1, -0.05) is 155 Å². The van der Waals surface area contributed by atoms with Gasteiger partial charge in [0.05, 0.1) is 39.4 Å². The van der Waals surface area contributed by atoms with Gasteiger partial charge in [0.25, 0.3) is 0 Å². The third-order valence-electron chi connectivity index (χ3n) is 13.1. The number of para-hydroxylation sites is 3. The van der Waals surface area contributed by atoms with Crippen LogP contribution >= 0.6 is 0 Å². The fourth-order valence-corrected chi connectivity index (χ4v) is 9.66. The average molecular weight is 897 g/mol. The Morgan fingerprint density at radius 2 is 0.899 bits per heavy atom. The minimum absolute atomic E-state index is 0.0903. The van der Waals surface area contributed by atoms with Crippen LogP contribution in [0.4, 0.5) is 23.0 Å². The number of allylic oxidation sites excluding steroid dienone is 3. The number of carbonyl (C=O) groups excluding carboxylic acids is 2. The minimum atomic E-state index is -0.310. The van der Waals surface area contributed by atoms with Crippen molar-refractivity contribution in [3.63, 3.8) is 0 Å². The first-order valence-electron chi connectivity index (χ1n) is 23.4. The number of benzene rings is 6. The lowest BCUT2D eigenvalue weighted by atomic mass is 9.92. The second-order valence-corrected chi connectivity index (χ2v) is 18.2. The zero-order valence-electron chi connectivity index (χ0n) is 39.1. The van der Waals surface area contributed by atoms with Gasteiger partial charge in [-0.2, -0.15) is 0 Å². The molecule has 69 heavy (non-hydrogen) atoms. The SMILES string of the molecule is Cc1cc(-c2ccc(-c3ccccc3)cn2)c(N2/C(=C/C=C3C(=O)c4ccccc4C3=O)N(c3c(C(C)C)cccc3C(C)C)c3nc4ccccc4nc32)c(-c2ccc(-c3ccccc3)cn2)c1. The summed E-state index contributed by atoms with van der Waals surface area (Å²) in [6.45, 7) is 10.9.